The predicted molar refractivity (Wildman–Crippen MR) is 208 cm³/mol. The fourth-order valence-electron chi connectivity index (χ4n) is 7.98. The van der Waals surface area contributed by atoms with Crippen LogP contribution in [0.25, 0.3) is 43.6 Å². The molecule has 8 heteroatoms. The van der Waals surface area contributed by atoms with Crippen molar-refractivity contribution in [1.82, 2.24) is 9.97 Å². The van der Waals surface area contributed by atoms with Gasteiger partial charge in [-0.1, -0.05) is 52.7 Å². The van der Waals surface area contributed by atoms with E-state index in [-0.39, 0.29) is 0 Å². The van der Waals surface area contributed by atoms with Crippen molar-refractivity contribution >= 4 is 68.8 Å². The van der Waals surface area contributed by atoms with Gasteiger partial charge in [-0.15, -0.1) is 0 Å². The zero-order valence-corrected chi connectivity index (χ0v) is 32.0. The van der Waals surface area contributed by atoms with Crippen LogP contribution in [-0.4, -0.2) is 46.6 Å². The maximum atomic E-state index is 6.68. The molecule has 2 aliphatic rings. The van der Waals surface area contributed by atoms with Crippen LogP contribution in [0.3, 0.4) is 0 Å². The van der Waals surface area contributed by atoms with Crippen molar-refractivity contribution in [2.45, 2.75) is 150 Å². The number of aryl methyl sites for hydroxylation is 4. The van der Waals surface area contributed by atoms with Gasteiger partial charge in [-0.25, -0.2) is 0 Å². The molecule has 49 heavy (non-hydrogen) atoms. The van der Waals surface area contributed by atoms with Crippen LogP contribution >= 0.6 is 0 Å². The Morgan fingerprint density at radius 3 is 1.31 bits per heavy atom. The van der Waals surface area contributed by atoms with Gasteiger partial charge in [0, 0.05) is 43.5 Å². The molecule has 2 aliphatic heterocycles. The summed E-state index contributed by atoms with van der Waals surface area (Å²) in [6.07, 6.45) is 7.28. The van der Waals surface area contributed by atoms with Crippen molar-refractivity contribution in [3.05, 3.63) is 46.5 Å². The van der Waals surface area contributed by atoms with Crippen molar-refractivity contribution in [3.8, 4) is 0 Å². The molecule has 2 aromatic heterocycles. The van der Waals surface area contributed by atoms with E-state index in [1.807, 2.05) is 0 Å². The molecule has 6 nitrogen and oxygen atoms in total. The lowest BCUT2D eigenvalue weighted by Crippen LogP contribution is -2.41. The molecule has 0 saturated carbocycles. The molecule has 2 fully saturated rings. The van der Waals surface area contributed by atoms with E-state index in [4.69, 9.17) is 18.6 Å². The third-order valence-electron chi connectivity index (χ3n) is 12.4. The second kappa shape index (κ2) is 11.9. The minimum Gasteiger partial charge on any atom is -0.399 e. The molecule has 3 aromatic carbocycles. The minimum atomic E-state index is -0.444. The van der Waals surface area contributed by atoms with E-state index in [0.29, 0.717) is 0 Å². The predicted octanol–water partition coefficient (Wildman–Crippen LogP) is 8.97. The Labute approximate surface area is 293 Å². The number of unbranched alkanes of at least 4 members (excludes halogenated alkanes) is 2. The van der Waals surface area contributed by atoms with Gasteiger partial charge in [0.1, 0.15) is 0 Å². The molecule has 0 unspecified atom stereocenters. The van der Waals surface area contributed by atoms with Crippen LogP contribution in [0.2, 0.25) is 0 Å². The van der Waals surface area contributed by atoms with Crippen LogP contribution in [0, 0.1) is 0 Å². The van der Waals surface area contributed by atoms with E-state index in [1.165, 1.54) is 67.7 Å². The Morgan fingerprint density at radius 2 is 0.918 bits per heavy atom. The number of nitrogens with one attached hydrogen (secondary N) is 2. The zero-order chi connectivity index (χ0) is 35.3. The summed E-state index contributed by atoms with van der Waals surface area (Å²) in [5, 5.41) is 5.18. The largest absolute Gasteiger partial charge is 0.497 e. The summed E-state index contributed by atoms with van der Waals surface area (Å²) in [7, 11) is -0.887. The number of aromatic nitrogens is 2. The monoisotopic (exact) mass is 662 g/mol. The van der Waals surface area contributed by atoms with Gasteiger partial charge in [0.25, 0.3) is 0 Å². The lowest BCUT2D eigenvalue weighted by atomic mass is 9.76. The molecular weight excluding hydrogens is 606 g/mol. The summed E-state index contributed by atoms with van der Waals surface area (Å²) in [5.41, 5.74) is 10.6. The quantitative estimate of drug-likeness (QED) is 0.122. The van der Waals surface area contributed by atoms with Crippen molar-refractivity contribution in [1.29, 1.82) is 0 Å². The first-order valence-electron chi connectivity index (χ1n) is 18.9. The maximum absolute atomic E-state index is 6.68. The third-order valence-corrected chi connectivity index (χ3v) is 12.4. The summed E-state index contributed by atoms with van der Waals surface area (Å²) < 4.78 is 26.7. The van der Waals surface area contributed by atoms with Crippen LogP contribution in [-0.2, 0) is 44.3 Å². The van der Waals surface area contributed by atoms with E-state index < -0.39 is 36.6 Å². The van der Waals surface area contributed by atoms with Crippen molar-refractivity contribution < 1.29 is 18.6 Å². The van der Waals surface area contributed by atoms with Crippen LogP contribution in [0.1, 0.15) is 125 Å². The van der Waals surface area contributed by atoms with E-state index in [2.05, 4.69) is 117 Å². The van der Waals surface area contributed by atoms with Crippen LogP contribution in [0.5, 0.6) is 0 Å². The Hall–Kier alpha value is -2.77. The van der Waals surface area contributed by atoms with E-state index >= 15 is 0 Å². The molecular formula is C41H56B2N2O4. The second-order valence-corrected chi connectivity index (χ2v) is 16.6. The number of rotatable bonds is 9. The highest BCUT2D eigenvalue weighted by Gasteiger charge is 2.53. The first-order chi connectivity index (χ1) is 23.1. The molecule has 0 spiro atoms. The Kier molecular flexibility index (Phi) is 8.42. The van der Waals surface area contributed by atoms with Gasteiger partial charge in [0.2, 0.25) is 0 Å². The summed E-state index contributed by atoms with van der Waals surface area (Å²) in [6, 6.07) is 9.41. The van der Waals surface area contributed by atoms with Crippen LogP contribution < -0.4 is 10.9 Å². The number of H-pyrrole nitrogens is 2. The SMILES string of the molecule is CCCCCc1c2[nH]c3c(B4OC(C)(C)C(C)(C)O4)cc(CC)cc3c2c(CC)c2[nH]c3c(B4OC(C)(C)C(C)(C)O4)cc(CC)cc3c12. The topological polar surface area (TPSA) is 68.5 Å². The molecule has 4 heterocycles. The number of benzene rings is 3. The average molecular weight is 663 g/mol. The molecule has 2 saturated heterocycles. The van der Waals surface area contributed by atoms with Crippen molar-refractivity contribution in [2.24, 2.45) is 0 Å². The highest BCUT2D eigenvalue weighted by atomic mass is 16.7. The number of aromatic amines is 2. The van der Waals surface area contributed by atoms with E-state index in [9.17, 15) is 0 Å². The molecule has 0 bridgehead atoms. The van der Waals surface area contributed by atoms with E-state index in [1.54, 1.807) is 0 Å². The standard InChI is InChI=1S/C41H56B2N2O4/c1-13-17-18-19-27-33-29-21-25(15-3)23-31(43-48-40(9,10)41(11,12)49-43)35(29)44-36(33)26(16-4)32-28-20-24(14-2)22-30(34(28)45-37(27)32)42-46-38(5,6)39(7,8)47-42/h20-23,44-45H,13-19H2,1-12H3. The van der Waals surface area contributed by atoms with Crippen molar-refractivity contribution in [3.63, 3.8) is 0 Å². The molecule has 0 atom stereocenters. The molecule has 2 N–H and O–H groups in total. The highest BCUT2D eigenvalue weighted by Crippen LogP contribution is 2.44. The van der Waals surface area contributed by atoms with Gasteiger partial charge in [-0.2, -0.15) is 0 Å². The van der Waals surface area contributed by atoms with Gasteiger partial charge in [0.15, 0.2) is 0 Å². The third kappa shape index (κ3) is 5.30. The highest BCUT2D eigenvalue weighted by molar-refractivity contribution is 6.66. The number of hydrogen-bond acceptors (Lipinski definition) is 4. The lowest BCUT2D eigenvalue weighted by molar-refractivity contribution is 0.00578. The fourth-order valence-corrected chi connectivity index (χ4v) is 7.98. The smallest absolute Gasteiger partial charge is 0.399 e. The van der Waals surface area contributed by atoms with Gasteiger partial charge >= 0.3 is 14.2 Å². The van der Waals surface area contributed by atoms with Crippen molar-refractivity contribution in [2.75, 3.05) is 0 Å². The van der Waals surface area contributed by atoms with Gasteiger partial charge in [-0.05, 0) is 122 Å². The maximum Gasteiger partial charge on any atom is 0.497 e. The first kappa shape index (κ1) is 34.7. The van der Waals surface area contributed by atoms with Gasteiger partial charge in [0.05, 0.1) is 33.4 Å². The zero-order valence-electron chi connectivity index (χ0n) is 32.0. The Bertz CT molecular complexity index is 2010. The second-order valence-electron chi connectivity index (χ2n) is 16.6. The summed E-state index contributed by atoms with van der Waals surface area (Å²) in [6.45, 7) is 26.1. The summed E-state index contributed by atoms with van der Waals surface area (Å²) in [4.78, 5) is 8.07. The van der Waals surface area contributed by atoms with Gasteiger partial charge in [-0.3, -0.25) is 0 Å². The number of hydrogen-bond donors (Lipinski definition) is 2. The summed E-state index contributed by atoms with van der Waals surface area (Å²) >= 11 is 0. The molecule has 0 amide bonds. The first-order valence-corrected chi connectivity index (χ1v) is 18.9. The van der Waals surface area contributed by atoms with Crippen LogP contribution in [0.15, 0.2) is 24.3 Å². The minimum absolute atomic E-state index is 0.418. The lowest BCUT2D eigenvalue weighted by Gasteiger charge is -2.32. The molecule has 0 radical (unpaired) electrons. The fraction of sp³-hybridized carbons (Fsp3) is 0.561. The Morgan fingerprint density at radius 1 is 0.510 bits per heavy atom. The van der Waals surface area contributed by atoms with E-state index in [0.717, 1.165) is 54.1 Å². The molecule has 260 valence electrons. The molecule has 5 aromatic rings. The Balaban J connectivity index is 1.56. The summed E-state index contributed by atoms with van der Waals surface area (Å²) in [5.74, 6) is 0. The average Bonchev–Trinajstić information content (AvgIpc) is 3.73. The molecule has 7 rings (SSSR count). The van der Waals surface area contributed by atoms with Gasteiger partial charge < -0.3 is 28.6 Å². The number of fused-ring (bicyclic) bond motifs is 6. The normalized spacial score (nSPS) is 19.8. The molecule has 0 aliphatic carbocycles. The van der Waals surface area contributed by atoms with Crippen LogP contribution in [0.4, 0.5) is 0 Å².